The molecule has 2 unspecified atom stereocenters. The standard InChI is InChI=1S/C2H9NP2/c1-4-5(2)3/h3-5H,1-2H3. The van der Waals surface area contributed by atoms with Crippen LogP contribution in [0.4, 0.5) is 0 Å². The van der Waals surface area contributed by atoms with Crippen LogP contribution >= 0.6 is 15.7 Å². The van der Waals surface area contributed by atoms with Crippen LogP contribution in [0.15, 0.2) is 0 Å². The summed E-state index contributed by atoms with van der Waals surface area (Å²) >= 11 is 0. The van der Waals surface area contributed by atoms with E-state index in [0.29, 0.717) is 0 Å². The van der Waals surface area contributed by atoms with Gasteiger partial charge in [-0.1, -0.05) is 8.27 Å². The monoisotopic (exact) mass is 109 g/mol. The molecule has 2 atom stereocenters. The summed E-state index contributed by atoms with van der Waals surface area (Å²) in [5.41, 5.74) is 0. The third kappa shape index (κ3) is 4.66. The van der Waals surface area contributed by atoms with Gasteiger partial charge in [-0.25, -0.2) is 0 Å². The van der Waals surface area contributed by atoms with Crippen LogP contribution in [0.5, 0.6) is 0 Å². The highest BCUT2D eigenvalue weighted by Crippen LogP contribution is 2.37. The fourth-order valence-corrected chi connectivity index (χ4v) is 0. The van der Waals surface area contributed by atoms with Gasteiger partial charge in [0.1, 0.15) is 0 Å². The van der Waals surface area contributed by atoms with E-state index in [4.69, 9.17) is 5.16 Å². The van der Waals surface area contributed by atoms with Gasteiger partial charge in [0.15, 0.2) is 0 Å². The fourth-order valence-electron chi connectivity index (χ4n) is 0. The normalized spacial score (nSPS) is 17.2. The molecule has 0 saturated carbocycles. The Morgan fingerprint density at radius 1 is 1.80 bits per heavy atom. The van der Waals surface area contributed by atoms with Crippen LogP contribution in [0.2, 0.25) is 0 Å². The molecule has 0 aliphatic rings. The van der Waals surface area contributed by atoms with E-state index >= 15 is 0 Å². The fraction of sp³-hybridized carbons (Fsp3) is 1.00. The average Bonchev–Trinajstić information content (AvgIpc) is 1.38. The van der Waals surface area contributed by atoms with E-state index < -0.39 is 7.40 Å². The van der Waals surface area contributed by atoms with Crippen LogP contribution in [-0.2, 0) is 0 Å². The first-order chi connectivity index (χ1) is 2.27. The highest BCUT2D eigenvalue weighted by molar-refractivity contribution is 8.15. The number of hydrogen-bond donors (Lipinski definition) is 1. The van der Waals surface area contributed by atoms with Gasteiger partial charge in [-0.2, -0.15) is 0 Å². The van der Waals surface area contributed by atoms with Crippen molar-refractivity contribution in [2.75, 3.05) is 13.3 Å². The van der Waals surface area contributed by atoms with Crippen molar-refractivity contribution in [3.05, 3.63) is 0 Å². The second kappa shape index (κ2) is 2.87. The molecule has 1 N–H and O–H groups in total. The molecule has 32 valence electrons. The summed E-state index contributed by atoms with van der Waals surface area (Å²) in [7, 11) is 0.287. The molecule has 5 heavy (non-hydrogen) atoms. The van der Waals surface area contributed by atoms with Crippen molar-refractivity contribution in [2.45, 2.75) is 0 Å². The molecule has 0 aromatic carbocycles. The van der Waals surface area contributed by atoms with Crippen LogP contribution in [-0.4, -0.2) is 13.3 Å². The zero-order chi connectivity index (χ0) is 4.28. The molecule has 0 spiro atoms. The Balaban J connectivity index is 2.85. The van der Waals surface area contributed by atoms with E-state index in [0.717, 1.165) is 8.27 Å². The molecule has 0 radical (unpaired) electrons. The average molecular weight is 109 g/mol. The Hall–Kier alpha value is 0.660. The van der Waals surface area contributed by atoms with E-state index in [1.54, 1.807) is 0 Å². The Labute approximate surface area is 35.1 Å². The lowest BCUT2D eigenvalue weighted by atomic mass is 12.0. The van der Waals surface area contributed by atoms with Crippen molar-refractivity contribution in [3.8, 4) is 0 Å². The molecule has 0 aliphatic carbocycles. The smallest absolute Gasteiger partial charge is 0.0278 e. The van der Waals surface area contributed by atoms with Gasteiger partial charge in [-0.05, 0) is 20.7 Å². The Kier molecular flexibility index (Phi) is 3.25. The van der Waals surface area contributed by atoms with Crippen LogP contribution in [0.3, 0.4) is 0 Å². The van der Waals surface area contributed by atoms with Crippen molar-refractivity contribution >= 4 is 15.7 Å². The van der Waals surface area contributed by atoms with Crippen LogP contribution in [0, 0.1) is 5.16 Å². The number of nitrogens with one attached hydrogen (secondary N) is 1. The molecule has 0 fully saturated rings. The van der Waals surface area contributed by atoms with Gasteiger partial charge in [0.05, 0.1) is 0 Å². The Morgan fingerprint density at radius 2 is 2.00 bits per heavy atom. The second-order valence-corrected chi connectivity index (χ2v) is 6.38. The molecule has 0 aromatic heterocycles. The molecular weight excluding hydrogens is 100.0 g/mol. The maximum absolute atomic E-state index is 6.94. The maximum Gasteiger partial charge on any atom is -0.0278 e. The summed E-state index contributed by atoms with van der Waals surface area (Å²) in [6, 6.07) is 0. The van der Waals surface area contributed by atoms with E-state index in [9.17, 15) is 0 Å². The highest BCUT2D eigenvalue weighted by atomic mass is 32.0. The van der Waals surface area contributed by atoms with E-state index in [2.05, 4.69) is 6.66 Å². The zero-order valence-corrected chi connectivity index (χ0v) is 5.50. The van der Waals surface area contributed by atoms with Gasteiger partial charge in [-0.3, -0.25) is 0 Å². The largest absolute Gasteiger partial charge is 0.318 e. The summed E-state index contributed by atoms with van der Waals surface area (Å²) in [4.78, 5) is 0. The van der Waals surface area contributed by atoms with Crippen molar-refractivity contribution < 1.29 is 0 Å². The minimum absolute atomic E-state index is 0.596. The zero-order valence-electron chi connectivity index (χ0n) is 3.50. The number of rotatable bonds is 1. The summed E-state index contributed by atoms with van der Waals surface area (Å²) in [6.45, 7) is 4.09. The molecule has 0 rings (SSSR count). The molecular formula is C2H9NP2. The van der Waals surface area contributed by atoms with Gasteiger partial charge in [0.25, 0.3) is 0 Å². The summed E-state index contributed by atoms with van der Waals surface area (Å²) < 4.78 is 0. The molecule has 0 aromatic rings. The predicted molar refractivity (Wildman–Crippen MR) is 31.2 cm³/mol. The van der Waals surface area contributed by atoms with Crippen molar-refractivity contribution in [1.82, 2.24) is 0 Å². The molecule has 0 heterocycles. The SMILES string of the molecule is CP[PH](C)=N. The molecule has 0 bridgehead atoms. The molecule has 0 saturated heterocycles. The Morgan fingerprint density at radius 3 is 2.00 bits per heavy atom. The summed E-state index contributed by atoms with van der Waals surface area (Å²) in [6.07, 6.45) is 0. The second-order valence-electron chi connectivity index (χ2n) is 0.875. The molecule has 3 heteroatoms. The van der Waals surface area contributed by atoms with Gasteiger partial charge in [0, 0.05) is 0 Å². The van der Waals surface area contributed by atoms with E-state index in [1.807, 2.05) is 6.66 Å². The highest BCUT2D eigenvalue weighted by Gasteiger charge is 1.67. The molecule has 0 aliphatic heterocycles. The van der Waals surface area contributed by atoms with Crippen LogP contribution in [0.25, 0.3) is 0 Å². The van der Waals surface area contributed by atoms with Crippen molar-refractivity contribution in [3.63, 3.8) is 0 Å². The third-order valence-electron chi connectivity index (χ3n) is 0.375. The van der Waals surface area contributed by atoms with Gasteiger partial charge in [-0.15, -0.1) is 0 Å². The lowest BCUT2D eigenvalue weighted by Gasteiger charge is -1.80. The first kappa shape index (κ1) is 5.66. The summed E-state index contributed by atoms with van der Waals surface area (Å²) in [5, 5.41) is 6.94. The Bertz CT molecular complexity index is 42.9. The maximum atomic E-state index is 6.94. The topological polar surface area (TPSA) is 23.9 Å². The lowest BCUT2D eigenvalue weighted by molar-refractivity contribution is 1.64. The minimum atomic E-state index is -0.596. The third-order valence-corrected chi connectivity index (χ3v) is 3.38. The molecule has 1 nitrogen and oxygen atoms in total. The van der Waals surface area contributed by atoms with E-state index in [-0.39, 0.29) is 0 Å². The molecule has 0 amide bonds. The van der Waals surface area contributed by atoms with Gasteiger partial charge >= 0.3 is 0 Å². The quantitative estimate of drug-likeness (QED) is 0.496. The van der Waals surface area contributed by atoms with Gasteiger partial charge < -0.3 is 5.16 Å². The predicted octanol–water partition coefficient (Wildman–Crippen LogP) is 1.82. The number of hydrogen-bond acceptors (Lipinski definition) is 1. The first-order valence-electron chi connectivity index (χ1n) is 1.50. The van der Waals surface area contributed by atoms with Crippen LogP contribution in [0.1, 0.15) is 0 Å². The van der Waals surface area contributed by atoms with E-state index in [1.165, 1.54) is 0 Å². The van der Waals surface area contributed by atoms with Gasteiger partial charge in [0.2, 0.25) is 0 Å². The lowest BCUT2D eigenvalue weighted by Crippen LogP contribution is -1.27. The van der Waals surface area contributed by atoms with Crippen molar-refractivity contribution in [1.29, 1.82) is 5.16 Å². The summed E-state index contributed by atoms with van der Waals surface area (Å²) in [5.74, 6) is 0. The van der Waals surface area contributed by atoms with Crippen molar-refractivity contribution in [2.24, 2.45) is 0 Å². The van der Waals surface area contributed by atoms with Crippen LogP contribution < -0.4 is 0 Å². The minimum Gasteiger partial charge on any atom is -0.318 e. The first-order valence-corrected chi connectivity index (χ1v) is 6.00.